The van der Waals surface area contributed by atoms with Crippen molar-refractivity contribution < 1.29 is 9.18 Å². The summed E-state index contributed by atoms with van der Waals surface area (Å²) >= 11 is 0. The molecule has 1 heterocycles. The number of likely N-dealkylation sites (N-methyl/N-ethyl adjacent to an activating group) is 1. The van der Waals surface area contributed by atoms with E-state index in [2.05, 4.69) is 34.3 Å². The van der Waals surface area contributed by atoms with Crippen LogP contribution < -0.4 is 5.32 Å². The number of fused-ring (bicyclic) bond motifs is 1. The molecular formula is C23H28FN3O. The molecule has 4 rings (SSSR count). The Morgan fingerprint density at radius 3 is 2.75 bits per heavy atom. The van der Waals surface area contributed by atoms with Crippen LogP contribution in [0.5, 0.6) is 0 Å². The number of nitrogens with one attached hydrogen (secondary N) is 1. The van der Waals surface area contributed by atoms with E-state index in [0.717, 1.165) is 44.6 Å². The third kappa shape index (κ3) is 4.26. The zero-order chi connectivity index (χ0) is 19.5. The van der Waals surface area contributed by atoms with E-state index >= 15 is 0 Å². The number of aryl methyl sites for hydroxylation is 1. The number of carbonyl (C=O) groups is 1. The largest absolute Gasteiger partial charge is 0.348 e. The van der Waals surface area contributed by atoms with Crippen LogP contribution in [-0.2, 0) is 13.0 Å². The van der Waals surface area contributed by atoms with Crippen molar-refractivity contribution >= 4 is 5.91 Å². The molecule has 2 aliphatic rings. The summed E-state index contributed by atoms with van der Waals surface area (Å²) in [5.41, 5.74) is 4.14. The first-order chi connectivity index (χ1) is 13.6. The van der Waals surface area contributed by atoms with Gasteiger partial charge in [-0.25, -0.2) is 4.39 Å². The molecule has 5 heteroatoms. The molecule has 0 saturated carbocycles. The van der Waals surface area contributed by atoms with Gasteiger partial charge in [-0.2, -0.15) is 0 Å². The minimum Gasteiger partial charge on any atom is -0.348 e. The van der Waals surface area contributed by atoms with E-state index in [1.165, 1.54) is 29.7 Å². The van der Waals surface area contributed by atoms with Crippen molar-refractivity contribution in [1.82, 2.24) is 15.1 Å². The Hall–Kier alpha value is -2.24. The van der Waals surface area contributed by atoms with Gasteiger partial charge in [-0.05, 0) is 67.3 Å². The van der Waals surface area contributed by atoms with Crippen molar-refractivity contribution in [2.24, 2.45) is 0 Å². The number of hydrogen-bond donors (Lipinski definition) is 1. The number of rotatable bonds is 4. The molecule has 148 valence electrons. The van der Waals surface area contributed by atoms with E-state index in [0.29, 0.717) is 18.2 Å². The molecule has 1 aliphatic carbocycles. The quantitative estimate of drug-likeness (QED) is 0.882. The summed E-state index contributed by atoms with van der Waals surface area (Å²) in [6.45, 7) is 4.68. The molecule has 2 aromatic carbocycles. The Labute approximate surface area is 166 Å². The highest BCUT2D eigenvalue weighted by Gasteiger charge is 2.28. The van der Waals surface area contributed by atoms with Gasteiger partial charge in [-0.1, -0.05) is 18.2 Å². The molecule has 1 saturated heterocycles. The molecule has 4 nitrogen and oxygen atoms in total. The molecule has 28 heavy (non-hydrogen) atoms. The zero-order valence-corrected chi connectivity index (χ0v) is 16.5. The second-order valence-electron chi connectivity index (χ2n) is 7.97. The van der Waals surface area contributed by atoms with E-state index < -0.39 is 0 Å². The molecule has 0 spiro atoms. The number of piperazine rings is 1. The monoisotopic (exact) mass is 381 g/mol. The lowest BCUT2D eigenvalue weighted by Crippen LogP contribution is -2.46. The van der Waals surface area contributed by atoms with Gasteiger partial charge in [-0.3, -0.25) is 9.69 Å². The van der Waals surface area contributed by atoms with Crippen LogP contribution in [0.1, 0.15) is 45.9 Å². The van der Waals surface area contributed by atoms with E-state index in [1.807, 2.05) is 12.1 Å². The maximum atomic E-state index is 13.3. The van der Waals surface area contributed by atoms with Gasteiger partial charge in [0.2, 0.25) is 0 Å². The number of carbonyl (C=O) groups excluding carboxylic acids is 1. The van der Waals surface area contributed by atoms with Crippen LogP contribution >= 0.6 is 0 Å². The van der Waals surface area contributed by atoms with Gasteiger partial charge in [0.05, 0.1) is 0 Å². The third-order valence-electron chi connectivity index (χ3n) is 6.01. The lowest BCUT2D eigenvalue weighted by Gasteiger charge is -2.40. The van der Waals surface area contributed by atoms with Crippen LogP contribution in [0.25, 0.3) is 0 Å². The van der Waals surface area contributed by atoms with Gasteiger partial charge in [0.25, 0.3) is 5.91 Å². The van der Waals surface area contributed by atoms with E-state index in [-0.39, 0.29) is 11.7 Å². The summed E-state index contributed by atoms with van der Waals surface area (Å²) in [6, 6.07) is 12.9. The average molecular weight is 381 g/mol. The Morgan fingerprint density at radius 1 is 1.14 bits per heavy atom. The summed E-state index contributed by atoms with van der Waals surface area (Å²) in [5, 5.41) is 2.92. The smallest absolute Gasteiger partial charge is 0.251 e. The Morgan fingerprint density at radius 2 is 1.96 bits per heavy atom. The minimum absolute atomic E-state index is 0.102. The molecule has 0 bridgehead atoms. The van der Waals surface area contributed by atoms with Crippen molar-refractivity contribution in [1.29, 1.82) is 0 Å². The van der Waals surface area contributed by atoms with Crippen molar-refractivity contribution in [3.05, 3.63) is 70.5 Å². The normalized spacial score (nSPS) is 20.6. The first-order valence-corrected chi connectivity index (χ1v) is 10.2. The molecule has 1 N–H and O–H groups in total. The van der Waals surface area contributed by atoms with E-state index in [9.17, 15) is 9.18 Å². The van der Waals surface area contributed by atoms with Crippen LogP contribution in [0.2, 0.25) is 0 Å². The maximum absolute atomic E-state index is 13.3. The van der Waals surface area contributed by atoms with E-state index in [1.54, 1.807) is 6.07 Å². The van der Waals surface area contributed by atoms with Crippen LogP contribution in [-0.4, -0.2) is 48.9 Å². The lowest BCUT2D eigenvalue weighted by molar-refractivity contribution is 0.0947. The second-order valence-corrected chi connectivity index (χ2v) is 7.97. The van der Waals surface area contributed by atoms with Crippen molar-refractivity contribution in [2.45, 2.75) is 31.8 Å². The van der Waals surface area contributed by atoms with Crippen molar-refractivity contribution in [3.8, 4) is 0 Å². The zero-order valence-electron chi connectivity index (χ0n) is 16.5. The van der Waals surface area contributed by atoms with Gasteiger partial charge >= 0.3 is 0 Å². The molecule has 1 aliphatic heterocycles. The minimum atomic E-state index is -0.282. The first-order valence-electron chi connectivity index (χ1n) is 10.2. The Bertz CT molecular complexity index is 845. The predicted octanol–water partition coefficient (Wildman–Crippen LogP) is 3.38. The summed E-state index contributed by atoms with van der Waals surface area (Å²) < 4.78 is 13.3. The molecule has 0 aromatic heterocycles. The molecule has 1 fully saturated rings. The highest BCUT2D eigenvalue weighted by Crippen LogP contribution is 2.35. The SMILES string of the molecule is CN1CCN(C2CCCc3ccc(C(=O)NCc4cccc(F)c4)cc32)CC1. The molecular weight excluding hydrogens is 353 g/mol. The van der Waals surface area contributed by atoms with Crippen LogP contribution in [0.15, 0.2) is 42.5 Å². The summed E-state index contributed by atoms with van der Waals surface area (Å²) in [5.74, 6) is -0.384. The van der Waals surface area contributed by atoms with Crippen molar-refractivity contribution in [3.63, 3.8) is 0 Å². The number of halogens is 1. The fraction of sp³-hybridized carbons (Fsp3) is 0.435. The standard InChI is InChI=1S/C23H28FN3O/c1-26-10-12-27(13-11-26)22-7-3-5-18-8-9-19(15-21(18)22)23(28)25-16-17-4-2-6-20(24)14-17/h2,4,6,8-9,14-15,22H,3,5,7,10-13,16H2,1H3,(H,25,28). The van der Waals surface area contributed by atoms with E-state index in [4.69, 9.17) is 0 Å². The Balaban J connectivity index is 1.48. The number of amides is 1. The highest BCUT2D eigenvalue weighted by atomic mass is 19.1. The number of nitrogens with zero attached hydrogens (tertiary/aromatic N) is 2. The predicted molar refractivity (Wildman–Crippen MR) is 109 cm³/mol. The molecule has 2 aromatic rings. The van der Waals surface area contributed by atoms with Crippen molar-refractivity contribution in [2.75, 3.05) is 33.2 Å². The fourth-order valence-electron chi connectivity index (χ4n) is 4.36. The van der Waals surface area contributed by atoms with Crippen LogP contribution in [0, 0.1) is 5.82 Å². The van der Waals surface area contributed by atoms with Gasteiger partial charge in [0.1, 0.15) is 5.82 Å². The number of hydrogen-bond acceptors (Lipinski definition) is 3. The molecule has 1 unspecified atom stereocenters. The van der Waals surface area contributed by atoms with Gasteiger partial charge in [0.15, 0.2) is 0 Å². The molecule has 1 atom stereocenters. The topological polar surface area (TPSA) is 35.6 Å². The first kappa shape index (κ1) is 19.1. The maximum Gasteiger partial charge on any atom is 0.251 e. The summed E-state index contributed by atoms with van der Waals surface area (Å²) in [6.07, 6.45) is 3.45. The lowest BCUT2D eigenvalue weighted by atomic mass is 9.85. The van der Waals surface area contributed by atoms with Gasteiger partial charge in [0, 0.05) is 44.3 Å². The van der Waals surface area contributed by atoms with Crippen LogP contribution in [0.4, 0.5) is 4.39 Å². The fourth-order valence-corrected chi connectivity index (χ4v) is 4.36. The second kappa shape index (κ2) is 8.41. The number of benzene rings is 2. The summed E-state index contributed by atoms with van der Waals surface area (Å²) in [7, 11) is 2.17. The highest BCUT2D eigenvalue weighted by molar-refractivity contribution is 5.94. The average Bonchev–Trinajstić information content (AvgIpc) is 2.72. The van der Waals surface area contributed by atoms with Gasteiger partial charge in [-0.15, -0.1) is 0 Å². The summed E-state index contributed by atoms with van der Waals surface area (Å²) in [4.78, 5) is 17.6. The van der Waals surface area contributed by atoms with Gasteiger partial charge < -0.3 is 10.2 Å². The Kier molecular flexibility index (Phi) is 5.74. The van der Waals surface area contributed by atoms with Crippen LogP contribution in [0.3, 0.4) is 0 Å². The molecule has 1 amide bonds. The molecule has 0 radical (unpaired) electrons. The third-order valence-corrected chi connectivity index (χ3v) is 6.01.